The van der Waals surface area contributed by atoms with Crippen LogP contribution in [-0.4, -0.2) is 72.1 Å². The summed E-state index contributed by atoms with van der Waals surface area (Å²) in [5.74, 6) is -0.757. The number of fused-ring (bicyclic) bond motifs is 1. The molecule has 6 atom stereocenters. The number of benzene rings is 1. The van der Waals surface area contributed by atoms with E-state index in [4.69, 9.17) is 4.74 Å². The molecule has 2 fully saturated rings. The molecule has 3 heterocycles. The van der Waals surface area contributed by atoms with E-state index in [1.54, 1.807) is 0 Å². The highest BCUT2D eigenvalue weighted by Gasteiger charge is 2.78. The quantitative estimate of drug-likeness (QED) is 0.587. The third-order valence-electron chi connectivity index (χ3n) is 8.07. The predicted molar refractivity (Wildman–Crippen MR) is 105 cm³/mol. The fourth-order valence-electron chi connectivity index (χ4n) is 7.19. The first-order valence-electron chi connectivity index (χ1n) is 10.1. The Morgan fingerprint density at radius 2 is 2.07 bits per heavy atom. The standard InChI is InChI=1S/C22H28N2O4/c1-4-20-10-7-12-24-13-11-21(16(20)24)14-8-5-6-9-15(14)23(2)17(21)22(27,18(20)25)19(26)28-3/h5-10,16-18,25,27H,4,11-13H2,1-3H3/t16-,17+,18+,20+,21+,22+/m1/s1. The average Bonchev–Trinajstić information content (AvgIpc) is 3.24. The zero-order valence-electron chi connectivity index (χ0n) is 16.6. The molecule has 0 amide bonds. The maximum absolute atomic E-state index is 13.0. The molecule has 0 radical (unpaired) electrons. The lowest BCUT2D eigenvalue weighted by atomic mass is 9.48. The monoisotopic (exact) mass is 384 g/mol. The van der Waals surface area contributed by atoms with Crippen LogP contribution in [0.3, 0.4) is 0 Å². The van der Waals surface area contributed by atoms with Crippen molar-refractivity contribution in [3.8, 4) is 0 Å². The molecule has 5 rings (SSSR count). The number of ether oxygens (including phenoxy) is 1. The number of nitrogens with zero attached hydrogens (tertiary/aromatic N) is 2. The van der Waals surface area contributed by atoms with Crippen molar-refractivity contribution < 1.29 is 19.7 Å². The van der Waals surface area contributed by atoms with Gasteiger partial charge in [0.25, 0.3) is 0 Å². The molecular weight excluding hydrogens is 356 g/mol. The highest BCUT2D eigenvalue weighted by Crippen LogP contribution is 2.66. The van der Waals surface area contributed by atoms with Gasteiger partial charge in [-0.05, 0) is 31.0 Å². The Balaban J connectivity index is 1.87. The van der Waals surface area contributed by atoms with Crippen molar-refractivity contribution in [2.24, 2.45) is 5.41 Å². The second kappa shape index (κ2) is 5.59. The molecule has 1 saturated carbocycles. The summed E-state index contributed by atoms with van der Waals surface area (Å²) in [7, 11) is 3.20. The van der Waals surface area contributed by atoms with Crippen LogP contribution >= 0.6 is 0 Å². The van der Waals surface area contributed by atoms with E-state index in [2.05, 4.69) is 23.1 Å². The molecule has 1 aliphatic carbocycles. The number of esters is 1. The van der Waals surface area contributed by atoms with Gasteiger partial charge in [0, 0.05) is 36.2 Å². The fourth-order valence-corrected chi connectivity index (χ4v) is 7.19. The number of para-hydroxylation sites is 1. The summed E-state index contributed by atoms with van der Waals surface area (Å²) in [5, 5.41) is 23.6. The SMILES string of the molecule is CC[C@@]12C=CCN3CC[C@]4(c5ccccc5N(C)[C@@H]4[C@@](O)(C(=O)OC)[C@H]1O)[C@H]32. The van der Waals surface area contributed by atoms with Gasteiger partial charge < -0.3 is 19.8 Å². The molecule has 6 nitrogen and oxygen atoms in total. The topological polar surface area (TPSA) is 73.2 Å². The Kier molecular flexibility index (Phi) is 3.62. The van der Waals surface area contributed by atoms with Gasteiger partial charge in [-0.15, -0.1) is 0 Å². The lowest BCUT2D eigenvalue weighted by Crippen LogP contribution is -2.80. The van der Waals surface area contributed by atoms with Gasteiger partial charge in [-0.2, -0.15) is 0 Å². The number of carbonyl (C=O) groups is 1. The van der Waals surface area contributed by atoms with Crippen molar-refractivity contribution in [2.75, 3.05) is 32.1 Å². The van der Waals surface area contributed by atoms with Gasteiger partial charge in [-0.25, -0.2) is 4.79 Å². The van der Waals surface area contributed by atoms with E-state index in [0.29, 0.717) is 6.42 Å². The minimum absolute atomic E-state index is 0.0195. The fraction of sp³-hybridized carbons (Fsp3) is 0.591. The normalized spacial score (nSPS) is 43.5. The molecule has 28 heavy (non-hydrogen) atoms. The summed E-state index contributed by atoms with van der Waals surface area (Å²) in [4.78, 5) is 17.5. The Bertz CT molecular complexity index is 872. The first-order chi connectivity index (χ1) is 13.4. The van der Waals surface area contributed by atoms with E-state index < -0.39 is 34.5 Å². The van der Waals surface area contributed by atoms with Gasteiger partial charge in [0.2, 0.25) is 5.60 Å². The first kappa shape index (κ1) is 18.2. The van der Waals surface area contributed by atoms with Crippen molar-refractivity contribution in [1.29, 1.82) is 0 Å². The minimum Gasteiger partial charge on any atom is -0.467 e. The van der Waals surface area contributed by atoms with Crippen LogP contribution in [-0.2, 0) is 14.9 Å². The van der Waals surface area contributed by atoms with Crippen molar-refractivity contribution in [1.82, 2.24) is 4.90 Å². The van der Waals surface area contributed by atoms with E-state index in [1.165, 1.54) is 7.11 Å². The second-order valence-corrected chi connectivity index (χ2v) is 8.81. The van der Waals surface area contributed by atoms with Crippen LogP contribution in [0.2, 0.25) is 0 Å². The lowest BCUT2D eigenvalue weighted by Gasteiger charge is -2.63. The van der Waals surface area contributed by atoms with E-state index >= 15 is 0 Å². The molecule has 1 spiro atoms. The van der Waals surface area contributed by atoms with Crippen LogP contribution in [0.5, 0.6) is 0 Å². The number of rotatable bonds is 2. The van der Waals surface area contributed by atoms with E-state index in [9.17, 15) is 15.0 Å². The highest BCUT2D eigenvalue weighted by atomic mass is 16.5. The summed E-state index contributed by atoms with van der Waals surface area (Å²) in [6.45, 7) is 3.74. The van der Waals surface area contributed by atoms with E-state index in [1.807, 2.05) is 37.1 Å². The molecule has 1 aromatic rings. The van der Waals surface area contributed by atoms with Gasteiger partial charge in [0.05, 0.1) is 13.2 Å². The summed E-state index contributed by atoms with van der Waals surface area (Å²) >= 11 is 0. The Morgan fingerprint density at radius 3 is 2.79 bits per heavy atom. The summed E-state index contributed by atoms with van der Waals surface area (Å²) in [5.41, 5.74) is -1.00. The van der Waals surface area contributed by atoms with Crippen molar-refractivity contribution in [2.45, 2.75) is 49.0 Å². The number of aliphatic hydroxyl groups excluding tert-OH is 1. The van der Waals surface area contributed by atoms with Gasteiger partial charge in [-0.3, -0.25) is 4.90 Å². The van der Waals surface area contributed by atoms with Crippen LogP contribution in [0.25, 0.3) is 0 Å². The molecule has 1 aromatic carbocycles. The second-order valence-electron chi connectivity index (χ2n) is 8.81. The highest BCUT2D eigenvalue weighted by molar-refractivity contribution is 5.86. The van der Waals surface area contributed by atoms with Crippen molar-refractivity contribution in [3.05, 3.63) is 42.0 Å². The minimum atomic E-state index is -2.02. The molecule has 6 heteroatoms. The number of hydrogen-bond acceptors (Lipinski definition) is 6. The number of carbonyl (C=O) groups excluding carboxylic acids is 1. The van der Waals surface area contributed by atoms with Crippen LogP contribution in [0, 0.1) is 5.41 Å². The van der Waals surface area contributed by atoms with Crippen LogP contribution in [0.1, 0.15) is 25.3 Å². The first-order valence-corrected chi connectivity index (χ1v) is 10.1. The summed E-state index contributed by atoms with van der Waals surface area (Å²) in [6, 6.07) is 7.62. The molecule has 1 saturated heterocycles. The van der Waals surface area contributed by atoms with Crippen LogP contribution in [0.4, 0.5) is 5.69 Å². The largest absolute Gasteiger partial charge is 0.467 e. The Morgan fingerprint density at radius 1 is 1.32 bits per heavy atom. The van der Waals surface area contributed by atoms with Gasteiger partial charge >= 0.3 is 5.97 Å². The third-order valence-corrected chi connectivity index (χ3v) is 8.07. The maximum Gasteiger partial charge on any atom is 0.342 e. The molecule has 4 aliphatic rings. The third kappa shape index (κ3) is 1.70. The molecule has 150 valence electrons. The van der Waals surface area contributed by atoms with Crippen LogP contribution in [0.15, 0.2) is 36.4 Å². The van der Waals surface area contributed by atoms with E-state index in [0.717, 1.165) is 30.8 Å². The average molecular weight is 384 g/mol. The predicted octanol–water partition coefficient (Wildman–Crippen LogP) is 1.06. The molecule has 0 aromatic heterocycles. The number of likely N-dealkylation sites (N-methyl/N-ethyl adjacent to an activating group) is 1. The smallest absolute Gasteiger partial charge is 0.342 e. The number of aliphatic hydroxyl groups is 2. The molecule has 3 aliphatic heterocycles. The number of anilines is 1. The number of methoxy groups -OCH3 is 1. The van der Waals surface area contributed by atoms with E-state index in [-0.39, 0.29) is 6.04 Å². The zero-order valence-corrected chi connectivity index (χ0v) is 16.6. The lowest BCUT2D eigenvalue weighted by molar-refractivity contribution is -0.218. The summed E-state index contributed by atoms with van der Waals surface area (Å²) < 4.78 is 5.08. The zero-order chi connectivity index (χ0) is 19.9. The maximum atomic E-state index is 13.0. The van der Waals surface area contributed by atoms with Gasteiger partial charge in [0.1, 0.15) is 6.10 Å². The van der Waals surface area contributed by atoms with Crippen molar-refractivity contribution in [3.63, 3.8) is 0 Å². The van der Waals surface area contributed by atoms with Crippen LogP contribution < -0.4 is 4.90 Å². The Hall–Kier alpha value is -1.89. The number of hydrogen-bond donors (Lipinski definition) is 2. The summed E-state index contributed by atoms with van der Waals surface area (Å²) in [6.07, 6.45) is 4.33. The Labute approximate surface area is 165 Å². The van der Waals surface area contributed by atoms with Gasteiger partial charge in [0.15, 0.2) is 0 Å². The molecular formula is C22H28N2O4. The molecule has 2 N–H and O–H groups in total. The molecule has 0 unspecified atom stereocenters. The van der Waals surface area contributed by atoms with Crippen molar-refractivity contribution >= 4 is 11.7 Å². The van der Waals surface area contributed by atoms with Gasteiger partial charge in [-0.1, -0.05) is 37.3 Å². The molecule has 0 bridgehead atoms.